The Morgan fingerprint density at radius 3 is 2.75 bits per heavy atom. The molecule has 0 radical (unpaired) electrons. The Balaban J connectivity index is 1.48. The van der Waals surface area contributed by atoms with Gasteiger partial charge in [0.1, 0.15) is 23.5 Å². The van der Waals surface area contributed by atoms with Gasteiger partial charge in [-0.05, 0) is 37.6 Å². The second-order valence-electron chi connectivity index (χ2n) is 7.44. The highest BCUT2D eigenvalue weighted by molar-refractivity contribution is 5.80. The molecule has 2 aromatic rings. The van der Waals surface area contributed by atoms with Crippen molar-refractivity contribution in [1.82, 2.24) is 25.4 Å². The summed E-state index contributed by atoms with van der Waals surface area (Å²) in [5.41, 5.74) is 0. The van der Waals surface area contributed by atoms with Gasteiger partial charge in [0, 0.05) is 25.4 Å². The number of ether oxygens (including phenoxy) is 1. The number of aliphatic imine (C=N–C) groups is 1. The van der Waals surface area contributed by atoms with Crippen molar-refractivity contribution in [2.75, 3.05) is 13.6 Å². The van der Waals surface area contributed by atoms with Crippen LogP contribution in [-0.4, -0.2) is 46.5 Å². The van der Waals surface area contributed by atoms with Gasteiger partial charge in [-0.3, -0.25) is 4.99 Å². The van der Waals surface area contributed by atoms with E-state index in [1.165, 1.54) is 12.1 Å². The van der Waals surface area contributed by atoms with Gasteiger partial charge in [0.15, 0.2) is 11.8 Å². The lowest BCUT2D eigenvalue weighted by Crippen LogP contribution is -2.48. The topological polar surface area (TPSA) is 76.4 Å². The Labute approximate surface area is 165 Å². The number of hydrogen-bond acceptors (Lipinski definition) is 4. The molecule has 152 valence electrons. The summed E-state index contributed by atoms with van der Waals surface area (Å²) >= 11 is 0. The van der Waals surface area contributed by atoms with Crippen molar-refractivity contribution in [3.8, 4) is 5.75 Å². The third kappa shape index (κ3) is 5.21. The molecular weight excluding hydrogens is 359 g/mol. The van der Waals surface area contributed by atoms with Crippen LogP contribution in [0.2, 0.25) is 0 Å². The highest BCUT2D eigenvalue weighted by Crippen LogP contribution is 2.17. The minimum Gasteiger partial charge on any atom is -0.489 e. The molecule has 1 aromatic carbocycles. The van der Waals surface area contributed by atoms with Crippen molar-refractivity contribution in [3.05, 3.63) is 41.7 Å². The molecule has 1 aromatic heterocycles. The number of benzene rings is 1. The lowest BCUT2D eigenvalue weighted by Gasteiger charge is -2.26. The predicted molar refractivity (Wildman–Crippen MR) is 107 cm³/mol. The molecule has 28 heavy (non-hydrogen) atoms. The van der Waals surface area contributed by atoms with Crippen LogP contribution in [0, 0.1) is 5.82 Å². The molecule has 0 saturated heterocycles. The summed E-state index contributed by atoms with van der Waals surface area (Å²) in [7, 11) is 1.75. The third-order valence-electron chi connectivity index (χ3n) is 4.66. The predicted octanol–water partition coefficient (Wildman–Crippen LogP) is 2.49. The molecule has 7 nitrogen and oxygen atoms in total. The van der Waals surface area contributed by atoms with E-state index in [9.17, 15) is 4.39 Å². The van der Waals surface area contributed by atoms with Crippen LogP contribution in [0.1, 0.15) is 44.8 Å². The SMILES string of the molecule is CN=C(NCC(C)Oc1ccc(F)cc1)NC1CCc2nc(C(C)C)nn2C1. The first-order valence-electron chi connectivity index (χ1n) is 9.77. The highest BCUT2D eigenvalue weighted by Gasteiger charge is 2.23. The van der Waals surface area contributed by atoms with Crippen LogP contribution in [0.4, 0.5) is 4.39 Å². The van der Waals surface area contributed by atoms with Gasteiger partial charge in [-0.1, -0.05) is 13.8 Å². The molecule has 2 heterocycles. The first-order valence-corrected chi connectivity index (χ1v) is 9.77. The average molecular weight is 388 g/mol. The van der Waals surface area contributed by atoms with Crippen LogP contribution in [0.5, 0.6) is 5.75 Å². The quantitative estimate of drug-likeness (QED) is 0.587. The Hall–Kier alpha value is -2.64. The monoisotopic (exact) mass is 388 g/mol. The van der Waals surface area contributed by atoms with Crippen LogP contribution >= 0.6 is 0 Å². The van der Waals surface area contributed by atoms with Crippen molar-refractivity contribution < 1.29 is 9.13 Å². The summed E-state index contributed by atoms with van der Waals surface area (Å²) in [5.74, 6) is 3.40. The van der Waals surface area contributed by atoms with Crippen LogP contribution in [0.25, 0.3) is 0 Å². The van der Waals surface area contributed by atoms with E-state index in [0.717, 1.165) is 37.0 Å². The van der Waals surface area contributed by atoms with Gasteiger partial charge < -0.3 is 15.4 Å². The molecule has 8 heteroatoms. The van der Waals surface area contributed by atoms with Gasteiger partial charge in [-0.2, -0.15) is 5.10 Å². The maximum Gasteiger partial charge on any atom is 0.191 e. The fraction of sp³-hybridized carbons (Fsp3) is 0.550. The van der Waals surface area contributed by atoms with Crippen molar-refractivity contribution in [1.29, 1.82) is 0 Å². The Bertz CT molecular complexity index is 802. The molecule has 2 N–H and O–H groups in total. The fourth-order valence-electron chi connectivity index (χ4n) is 3.11. The number of rotatable bonds is 6. The van der Waals surface area contributed by atoms with E-state index in [2.05, 4.69) is 39.6 Å². The van der Waals surface area contributed by atoms with Crippen LogP contribution in [0.3, 0.4) is 0 Å². The van der Waals surface area contributed by atoms with Crippen LogP contribution in [-0.2, 0) is 13.0 Å². The second kappa shape index (κ2) is 9.03. The standard InChI is InChI=1S/C20H29FN6O/c1-13(2)19-25-18-10-7-16(12-27(18)26-19)24-20(22-4)23-11-14(3)28-17-8-5-15(21)6-9-17/h5-6,8-9,13-14,16H,7,10-12H2,1-4H3,(H2,22,23,24). The third-order valence-corrected chi connectivity index (χ3v) is 4.66. The minimum absolute atomic E-state index is 0.0918. The van der Waals surface area contributed by atoms with Crippen LogP contribution in [0.15, 0.2) is 29.3 Å². The first kappa shape index (κ1) is 20.1. The molecule has 0 bridgehead atoms. The van der Waals surface area contributed by atoms with E-state index in [1.54, 1.807) is 19.2 Å². The van der Waals surface area contributed by atoms with E-state index < -0.39 is 0 Å². The number of guanidine groups is 1. The van der Waals surface area contributed by atoms with Gasteiger partial charge in [-0.15, -0.1) is 0 Å². The average Bonchev–Trinajstić information content (AvgIpc) is 3.10. The number of hydrogen-bond donors (Lipinski definition) is 2. The largest absolute Gasteiger partial charge is 0.489 e. The number of nitrogens with zero attached hydrogens (tertiary/aromatic N) is 4. The molecule has 2 unspecified atom stereocenters. The number of nitrogens with one attached hydrogen (secondary N) is 2. The summed E-state index contributed by atoms with van der Waals surface area (Å²) in [6.45, 7) is 7.53. The highest BCUT2D eigenvalue weighted by atomic mass is 19.1. The zero-order valence-corrected chi connectivity index (χ0v) is 16.9. The molecule has 1 aliphatic rings. The molecule has 0 amide bonds. The summed E-state index contributed by atoms with van der Waals surface area (Å²) in [6.07, 6.45) is 1.79. The molecule has 0 aliphatic carbocycles. The van der Waals surface area contributed by atoms with Gasteiger partial charge in [0.25, 0.3) is 0 Å². The zero-order valence-electron chi connectivity index (χ0n) is 16.9. The summed E-state index contributed by atoms with van der Waals surface area (Å²) in [6, 6.07) is 6.28. The molecule has 2 atom stereocenters. The summed E-state index contributed by atoms with van der Waals surface area (Å²) < 4.78 is 20.8. The molecule has 0 fully saturated rings. The fourth-order valence-corrected chi connectivity index (χ4v) is 3.11. The summed E-state index contributed by atoms with van der Waals surface area (Å²) in [5, 5.41) is 11.4. The van der Waals surface area contributed by atoms with E-state index in [4.69, 9.17) is 4.74 Å². The number of aromatic nitrogens is 3. The molecule has 0 saturated carbocycles. The Morgan fingerprint density at radius 2 is 2.07 bits per heavy atom. The van der Waals surface area contributed by atoms with Gasteiger partial charge in [-0.25, -0.2) is 14.1 Å². The van der Waals surface area contributed by atoms with Gasteiger partial charge in [0.2, 0.25) is 0 Å². The van der Waals surface area contributed by atoms with Crippen molar-refractivity contribution in [3.63, 3.8) is 0 Å². The van der Waals surface area contributed by atoms with Crippen molar-refractivity contribution >= 4 is 5.96 Å². The first-order chi connectivity index (χ1) is 13.4. The minimum atomic E-state index is -0.272. The molecule has 3 rings (SSSR count). The number of halogens is 1. The second-order valence-corrected chi connectivity index (χ2v) is 7.44. The molecule has 0 spiro atoms. The Morgan fingerprint density at radius 1 is 1.32 bits per heavy atom. The maximum absolute atomic E-state index is 13.0. The van der Waals surface area contributed by atoms with Gasteiger partial charge in [0.05, 0.1) is 13.1 Å². The normalized spacial score (nSPS) is 17.9. The zero-order chi connectivity index (χ0) is 20.1. The van der Waals surface area contributed by atoms with E-state index >= 15 is 0 Å². The molecule has 1 aliphatic heterocycles. The lowest BCUT2D eigenvalue weighted by atomic mass is 10.1. The van der Waals surface area contributed by atoms with Gasteiger partial charge >= 0.3 is 0 Å². The lowest BCUT2D eigenvalue weighted by molar-refractivity contribution is 0.223. The van der Waals surface area contributed by atoms with E-state index in [0.29, 0.717) is 18.2 Å². The maximum atomic E-state index is 13.0. The number of fused-ring (bicyclic) bond motifs is 1. The van der Waals surface area contributed by atoms with Crippen molar-refractivity contribution in [2.24, 2.45) is 4.99 Å². The Kier molecular flexibility index (Phi) is 6.49. The van der Waals surface area contributed by atoms with Crippen molar-refractivity contribution in [2.45, 2.75) is 58.2 Å². The smallest absolute Gasteiger partial charge is 0.191 e. The van der Waals surface area contributed by atoms with E-state index in [1.807, 2.05) is 11.6 Å². The van der Waals surface area contributed by atoms with Crippen LogP contribution < -0.4 is 15.4 Å². The number of aryl methyl sites for hydroxylation is 1. The van der Waals surface area contributed by atoms with E-state index in [-0.39, 0.29) is 18.0 Å². The molecular formula is C20H29FN6O. The summed E-state index contributed by atoms with van der Waals surface area (Å²) in [4.78, 5) is 8.93.